The largest absolute Gasteiger partial charge is 0.352 e. The number of aryl methyl sites for hydroxylation is 1. The zero-order chi connectivity index (χ0) is 16.2. The van der Waals surface area contributed by atoms with Crippen LogP contribution < -0.4 is 10.6 Å². The van der Waals surface area contributed by atoms with Gasteiger partial charge in [0, 0.05) is 12.6 Å². The van der Waals surface area contributed by atoms with Gasteiger partial charge in [-0.25, -0.2) is 0 Å². The molecule has 2 N–H and O–H groups in total. The van der Waals surface area contributed by atoms with E-state index in [-0.39, 0.29) is 17.9 Å². The summed E-state index contributed by atoms with van der Waals surface area (Å²) in [6, 6.07) is 8.37. The van der Waals surface area contributed by atoms with Gasteiger partial charge in [-0.1, -0.05) is 29.8 Å². The van der Waals surface area contributed by atoms with Crippen LogP contribution in [0.15, 0.2) is 24.3 Å². The minimum absolute atomic E-state index is 0.0169. The molecule has 1 saturated carbocycles. The molecule has 0 bridgehead atoms. The van der Waals surface area contributed by atoms with Crippen molar-refractivity contribution in [3.63, 3.8) is 0 Å². The Balaban J connectivity index is 1.46. The van der Waals surface area contributed by atoms with Crippen LogP contribution in [-0.2, 0) is 16.1 Å². The van der Waals surface area contributed by atoms with Gasteiger partial charge >= 0.3 is 0 Å². The topological polar surface area (TPSA) is 61.4 Å². The first-order chi connectivity index (χ1) is 11.1. The zero-order valence-corrected chi connectivity index (χ0v) is 13.7. The molecule has 1 saturated heterocycles. The van der Waals surface area contributed by atoms with Crippen LogP contribution in [0.5, 0.6) is 0 Å². The third-order valence-electron chi connectivity index (χ3n) is 4.55. The Bertz CT molecular complexity index is 566. The van der Waals surface area contributed by atoms with Crippen molar-refractivity contribution < 1.29 is 9.59 Å². The molecule has 0 spiro atoms. The van der Waals surface area contributed by atoms with Crippen molar-refractivity contribution in [2.24, 2.45) is 0 Å². The fraction of sp³-hybridized carbons (Fsp3) is 0.556. The van der Waals surface area contributed by atoms with E-state index in [1.807, 2.05) is 36.1 Å². The molecule has 1 heterocycles. The van der Waals surface area contributed by atoms with E-state index in [2.05, 4.69) is 10.6 Å². The monoisotopic (exact) mass is 315 g/mol. The minimum atomic E-state index is -0.138. The molecule has 23 heavy (non-hydrogen) atoms. The van der Waals surface area contributed by atoms with Gasteiger partial charge in [0.15, 0.2) is 0 Å². The highest BCUT2D eigenvalue weighted by Gasteiger charge is 2.34. The predicted molar refractivity (Wildman–Crippen MR) is 88.8 cm³/mol. The Morgan fingerprint density at radius 2 is 1.91 bits per heavy atom. The zero-order valence-electron chi connectivity index (χ0n) is 13.7. The van der Waals surface area contributed by atoms with Crippen molar-refractivity contribution in [2.45, 2.75) is 51.2 Å². The highest BCUT2D eigenvalue weighted by molar-refractivity contribution is 5.84. The molecule has 1 aromatic carbocycles. The number of carbonyl (C=O) groups excluding carboxylic acids is 2. The number of hydrogen-bond donors (Lipinski definition) is 2. The molecule has 1 atom stereocenters. The summed E-state index contributed by atoms with van der Waals surface area (Å²) in [5.41, 5.74) is 2.30. The van der Waals surface area contributed by atoms with E-state index < -0.39 is 0 Å². The molecule has 124 valence electrons. The first-order valence-corrected chi connectivity index (χ1v) is 8.48. The lowest BCUT2D eigenvalue weighted by molar-refractivity contribution is -0.127. The molecule has 5 nitrogen and oxygen atoms in total. The lowest BCUT2D eigenvalue weighted by Gasteiger charge is -2.23. The van der Waals surface area contributed by atoms with E-state index in [1.165, 1.54) is 5.56 Å². The van der Waals surface area contributed by atoms with Crippen molar-refractivity contribution in [2.75, 3.05) is 13.1 Å². The second-order valence-corrected chi connectivity index (χ2v) is 6.67. The maximum absolute atomic E-state index is 12.2. The predicted octanol–water partition coefficient (Wildman–Crippen LogP) is 1.35. The van der Waals surface area contributed by atoms with E-state index in [0.29, 0.717) is 19.1 Å². The molecule has 1 aliphatic heterocycles. The summed E-state index contributed by atoms with van der Waals surface area (Å²) in [4.78, 5) is 26.4. The normalized spacial score (nSPS) is 21.2. The van der Waals surface area contributed by atoms with E-state index in [9.17, 15) is 9.59 Å². The number of nitrogens with one attached hydrogen (secondary N) is 2. The van der Waals surface area contributed by atoms with Crippen LogP contribution in [0.3, 0.4) is 0 Å². The fourth-order valence-electron chi connectivity index (χ4n) is 2.98. The summed E-state index contributed by atoms with van der Waals surface area (Å²) in [7, 11) is 0. The summed E-state index contributed by atoms with van der Waals surface area (Å²) >= 11 is 0. The fourth-order valence-corrected chi connectivity index (χ4v) is 2.98. The third-order valence-corrected chi connectivity index (χ3v) is 4.55. The molecule has 2 fully saturated rings. The molecule has 1 aliphatic carbocycles. The third kappa shape index (κ3) is 4.55. The van der Waals surface area contributed by atoms with Gasteiger partial charge in [-0.15, -0.1) is 0 Å². The number of benzene rings is 1. The Morgan fingerprint density at radius 1 is 1.17 bits per heavy atom. The summed E-state index contributed by atoms with van der Waals surface area (Å²) in [6.07, 6.45) is 4.02. The van der Waals surface area contributed by atoms with Crippen LogP contribution >= 0.6 is 0 Å². The Kier molecular flexibility index (Phi) is 4.96. The maximum Gasteiger partial charge on any atom is 0.237 e. The van der Waals surface area contributed by atoms with Crippen LogP contribution in [0.2, 0.25) is 0 Å². The van der Waals surface area contributed by atoms with Crippen molar-refractivity contribution in [3.8, 4) is 0 Å². The number of carbonyl (C=O) groups is 2. The molecule has 0 aromatic heterocycles. The van der Waals surface area contributed by atoms with Gasteiger partial charge in [0.1, 0.15) is 0 Å². The van der Waals surface area contributed by atoms with Crippen LogP contribution in [0.1, 0.15) is 36.8 Å². The molecular formula is C18H25N3O2. The molecular weight excluding hydrogens is 290 g/mol. The van der Waals surface area contributed by atoms with E-state index in [1.54, 1.807) is 0 Å². The SMILES string of the molecule is Cc1ccc(CNC(=O)CN2CCCC2C(=O)NC2CC2)cc1. The molecule has 0 radical (unpaired) electrons. The van der Waals surface area contributed by atoms with Gasteiger partial charge in [-0.05, 0) is 44.7 Å². The molecule has 2 amide bonds. The second-order valence-electron chi connectivity index (χ2n) is 6.67. The number of hydrogen-bond acceptors (Lipinski definition) is 3. The summed E-state index contributed by atoms with van der Waals surface area (Å²) in [5.74, 6) is 0.0769. The van der Waals surface area contributed by atoms with Gasteiger partial charge in [0.2, 0.25) is 11.8 Å². The van der Waals surface area contributed by atoms with Gasteiger partial charge in [0.05, 0.1) is 12.6 Å². The molecule has 3 rings (SSSR count). The van der Waals surface area contributed by atoms with Crippen LogP contribution in [0.4, 0.5) is 0 Å². The summed E-state index contributed by atoms with van der Waals surface area (Å²) in [6.45, 7) is 3.70. The van der Waals surface area contributed by atoms with Gasteiger partial charge < -0.3 is 10.6 Å². The molecule has 1 unspecified atom stereocenters. The molecule has 1 aromatic rings. The smallest absolute Gasteiger partial charge is 0.237 e. The first kappa shape index (κ1) is 16.0. The van der Waals surface area contributed by atoms with Gasteiger partial charge in [-0.2, -0.15) is 0 Å². The first-order valence-electron chi connectivity index (χ1n) is 8.48. The standard InChI is InChI=1S/C18H25N3O2/c1-13-4-6-14(7-5-13)11-19-17(22)12-21-10-2-3-16(21)18(23)20-15-8-9-15/h4-7,15-16H,2-3,8-12H2,1H3,(H,19,22)(H,20,23). The minimum Gasteiger partial charge on any atom is -0.352 e. The highest BCUT2D eigenvalue weighted by atomic mass is 16.2. The van der Waals surface area contributed by atoms with Crippen molar-refractivity contribution in [3.05, 3.63) is 35.4 Å². The van der Waals surface area contributed by atoms with Crippen LogP contribution in [0, 0.1) is 6.92 Å². The summed E-state index contributed by atoms with van der Waals surface area (Å²) < 4.78 is 0. The second kappa shape index (κ2) is 7.13. The Hall–Kier alpha value is -1.88. The number of nitrogens with zero attached hydrogens (tertiary/aromatic N) is 1. The van der Waals surface area contributed by atoms with E-state index in [4.69, 9.17) is 0 Å². The quantitative estimate of drug-likeness (QED) is 0.833. The lowest BCUT2D eigenvalue weighted by atomic mass is 10.1. The summed E-state index contributed by atoms with van der Waals surface area (Å²) in [5, 5.41) is 6.00. The van der Waals surface area contributed by atoms with E-state index >= 15 is 0 Å². The van der Waals surface area contributed by atoms with Crippen molar-refractivity contribution in [1.82, 2.24) is 15.5 Å². The molecule has 5 heteroatoms. The lowest BCUT2D eigenvalue weighted by Crippen LogP contribution is -2.47. The van der Waals surface area contributed by atoms with Crippen molar-refractivity contribution in [1.29, 1.82) is 0 Å². The number of rotatable bonds is 6. The van der Waals surface area contributed by atoms with Crippen LogP contribution in [0.25, 0.3) is 0 Å². The van der Waals surface area contributed by atoms with Gasteiger partial charge in [0.25, 0.3) is 0 Å². The van der Waals surface area contributed by atoms with Gasteiger partial charge in [-0.3, -0.25) is 14.5 Å². The average molecular weight is 315 g/mol. The highest BCUT2D eigenvalue weighted by Crippen LogP contribution is 2.22. The Morgan fingerprint density at radius 3 is 2.61 bits per heavy atom. The van der Waals surface area contributed by atoms with Crippen LogP contribution in [-0.4, -0.2) is 41.9 Å². The average Bonchev–Trinajstić information content (AvgIpc) is 3.22. The van der Waals surface area contributed by atoms with Crippen molar-refractivity contribution >= 4 is 11.8 Å². The number of amides is 2. The Labute approximate surface area is 137 Å². The number of likely N-dealkylation sites (tertiary alicyclic amines) is 1. The van der Waals surface area contributed by atoms with E-state index in [0.717, 1.165) is 37.8 Å². The maximum atomic E-state index is 12.2. The molecule has 2 aliphatic rings.